The SMILES string of the molecule is COc1ccc(-c2cc3ccc4c(c3oc2=O)CN(Cc2ccc(C)cc2)CO4)c(OC)c1. The lowest BCUT2D eigenvalue weighted by molar-refractivity contribution is 0.0890. The second-order valence-electron chi connectivity index (χ2n) is 8.22. The van der Waals surface area contributed by atoms with E-state index in [0.29, 0.717) is 41.5 Å². The molecule has 0 amide bonds. The second-order valence-corrected chi connectivity index (χ2v) is 8.22. The van der Waals surface area contributed by atoms with E-state index in [2.05, 4.69) is 36.1 Å². The van der Waals surface area contributed by atoms with Gasteiger partial charge in [-0.15, -0.1) is 0 Å². The van der Waals surface area contributed by atoms with Crippen LogP contribution in [-0.4, -0.2) is 25.9 Å². The molecule has 0 aliphatic carbocycles. The quantitative estimate of drug-likeness (QED) is 0.398. The summed E-state index contributed by atoms with van der Waals surface area (Å²) < 4.78 is 22.6. The summed E-state index contributed by atoms with van der Waals surface area (Å²) in [7, 11) is 3.16. The number of rotatable bonds is 5. The van der Waals surface area contributed by atoms with Crippen LogP contribution in [0.15, 0.2) is 69.9 Å². The highest BCUT2D eigenvalue weighted by Crippen LogP contribution is 2.36. The predicted molar refractivity (Wildman–Crippen MR) is 127 cm³/mol. The fraction of sp³-hybridized carbons (Fsp3) is 0.222. The van der Waals surface area contributed by atoms with Crippen LogP contribution >= 0.6 is 0 Å². The van der Waals surface area contributed by atoms with E-state index in [1.54, 1.807) is 32.4 Å². The van der Waals surface area contributed by atoms with E-state index in [0.717, 1.165) is 23.2 Å². The molecule has 6 nitrogen and oxygen atoms in total. The minimum Gasteiger partial charge on any atom is -0.497 e. The Bertz CT molecular complexity index is 1370. The van der Waals surface area contributed by atoms with E-state index in [1.807, 2.05) is 18.2 Å². The normalized spacial score (nSPS) is 13.4. The van der Waals surface area contributed by atoms with E-state index in [-0.39, 0.29) is 0 Å². The molecule has 0 atom stereocenters. The predicted octanol–water partition coefficient (Wildman–Crippen LogP) is 5.14. The van der Waals surface area contributed by atoms with Gasteiger partial charge in [-0.3, -0.25) is 4.90 Å². The van der Waals surface area contributed by atoms with Gasteiger partial charge < -0.3 is 18.6 Å². The van der Waals surface area contributed by atoms with Crippen molar-refractivity contribution in [3.05, 3.63) is 87.8 Å². The average Bonchev–Trinajstić information content (AvgIpc) is 2.84. The summed E-state index contributed by atoms with van der Waals surface area (Å²) in [6.45, 7) is 3.95. The second kappa shape index (κ2) is 8.64. The van der Waals surface area contributed by atoms with Gasteiger partial charge in [0, 0.05) is 30.1 Å². The summed E-state index contributed by atoms with van der Waals surface area (Å²) >= 11 is 0. The smallest absolute Gasteiger partial charge is 0.344 e. The topological polar surface area (TPSA) is 61.1 Å². The van der Waals surface area contributed by atoms with Gasteiger partial charge in [0.15, 0.2) is 0 Å². The number of aryl methyl sites for hydroxylation is 1. The van der Waals surface area contributed by atoms with Crippen LogP contribution in [0.25, 0.3) is 22.1 Å². The minimum atomic E-state index is -0.421. The highest BCUT2D eigenvalue weighted by atomic mass is 16.5. The van der Waals surface area contributed by atoms with Gasteiger partial charge >= 0.3 is 5.63 Å². The number of hydrogen-bond acceptors (Lipinski definition) is 6. The first-order chi connectivity index (χ1) is 16.1. The van der Waals surface area contributed by atoms with Gasteiger partial charge in [-0.1, -0.05) is 29.8 Å². The average molecular weight is 443 g/mol. The van der Waals surface area contributed by atoms with Crippen LogP contribution in [0.2, 0.25) is 0 Å². The fourth-order valence-electron chi connectivity index (χ4n) is 4.20. The van der Waals surface area contributed by atoms with Gasteiger partial charge in [-0.05, 0) is 42.8 Å². The first-order valence-corrected chi connectivity index (χ1v) is 10.8. The molecular weight excluding hydrogens is 418 g/mol. The lowest BCUT2D eigenvalue weighted by Crippen LogP contribution is -2.31. The summed E-state index contributed by atoms with van der Waals surface area (Å²) in [6.07, 6.45) is 0. The molecular formula is C27H25NO5. The Hall–Kier alpha value is -3.77. The lowest BCUT2D eigenvalue weighted by atomic mass is 10.0. The van der Waals surface area contributed by atoms with E-state index in [9.17, 15) is 4.79 Å². The van der Waals surface area contributed by atoms with Crippen molar-refractivity contribution in [3.8, 4) is 28.4 Å². The number of nitrogens with zero attached hydrogens (tertiary/aromatic N) is 1. The molecule has 0 bridgehead atoms. The Morgan fingerprint density at radius 3 is 2.52 bits per heavy atom. The first-order valence-electron chi connectivity index (χ1n) is 10.8. The van der Waals surface area contributed by atoms with Crippen LogP contribution in [0.3, 0.4) is 0 Å². The standard InChI is InChI=1S/C27H25NO5/c1-17-4-6-18(7-5-17)14-28-15-23-24(32-16-28)11-8-19-12-22(27(29)33-26(19)23)21-10-9-20(30-2)13-25(21)31-3/h4-13H,14-16H2,1-3H3. The lowest BCUT2D eigenvalue weighted by Gasteiger charge is -2.29. The maximum atomic E-state index is 13.0. The first kappa shape index (κ1) is 21.1. The van der Waals surface area contributed by atoms with Gasteiger partial charge in [-0.2, -0.15) is 0 Å². The molecule has 0 N–H and O–H groups in total. The molecule has 2 heterocycles. The van der Waals surface area contributed by atoms with Gasteiger partial charge in [0.25, 0.3) is 0 Å². The third-order valence-corrected chi connectivity index (χ3v) is 5.97. The molecule has 3 aromatic carbocycles. The monoisotopic (exact) mass is 443 g/mol. The van der Waals surface area contributed by atoms with Crippen molar-refractivity contribution < 1.29 is 18.6 Å². The number of methoxy groups -OCH3 is 2. The van der Waals surface area contributed by atoms with Crippen LogP contribution in [-0.2, 0) is 13.1 Å². The molecule has 0 spiro atoms. The molecule has 168 valence electrons. The van der Waals surface area contributed by atoms with Gasteiger partial charge in [0.2, 0.25) is 0 Å². The van der Waals surface area contributed by atoms with Gasteiger partial charge in [0.05, 0.1) is 25.3 Å². The van der Waals surface area contributed by atoms with E-state index >= 15 is 0 Å². The third-order valence-electron chi connectivity index (χ3n) is 5.97. The maximum Gasteiger partial charge on any atom is 0.344 e. The molecule has 0 saturated heterocycles. The van der Waals surface area contributed by atoms with Crippen LogP contribution < -0.4 is 19.8 Å². The number of ether oxygens (including phenoxy) is 3. The van der Waals surface area contributed by atoms with E-state index in [4.69, 9.17) is 18.6 Å². The van der Waals surface area contributed by atoms with Gasteiger partial charge in [-0.25, -0.2) is 4.79 Å². The van der Waals surface area contributed by atoms with Crippen LogP contribution in [0.5, 0.6) is 17.2 Å². The highest BCUT2D eigenvalue weighted by Gasteiger charge is 2.23. The van der Waals surface area contributed by atoms with Crippen molar-refractivity contribution in [1.82, 2.24) is 4.90 Å². The van der Waals surface area contributed by atoms with Crippen molar-refractivity contribution in [1.29, 1.82) is 0 Å². The van der Waals surface area contributed by atoms with E-state index in [1.165, 1.54) is 11.1 Å². The summed E-state index contributed by atoms with van der Waals surface area (Å²) in [5.74, 6) is 1.95. The zero-order chi connectivity index (χ0) is 22.9. The Kier molecular flexibility index (Phi) is 5.52. The molecule has 0 radical (unpaired) electrons. The van der Waals surface area contributed by atoms with Crippen molar-refractivity contribution in [2.24, 2.45) is 0 Å². The van der Waals surface area contributed by atoms with E-state index < -0.39 is 5.63 Å². The van der Waals surface area contributed by atoms with Crippen LogP contribution in [0.1, 0.15) is 16.7 Å². The third kappa shape index (κ3) is 4.05. The fourth-order valence-corrected chi connectivity index (χ4v) is 4.20. The molecule has 1 aromatic heterocycles. The zero-order valence-corrected chi connectivity index (χ0v) is 18.9. The van der Waals surface area contributed by atoms with Crippen LogP contribution in [0.4, 0.5) is 0 Å². The Morgan fingerprint density at radius 1 is 0.939 bits per heavy atom. The molecule has 0 saturated carbocycles. The van der Waals surface area contributed by atoms with Crippen molar-refractivity contribution in [2.45, 2.75) is 20.0 Å². The molecule has 1 aliphatic rings. The summed E-state index contributed by atoms with van der Waals surface area (Å²) in [4.78, 5) is 15.2. The zero-order valence-electron chi connectivity index (χ0n) is 18.9. The van der Waals surface area contributed by atoms with Gasteiger partial charge in [0.1, 0.15) is 29.6 Å². The molecule has 33 heavy (non-hydrogen) atoms. The Labute approximate surface area is 191 Å². The number of hydrogen-bond donors (Lipinski definition) is 0. The molecule has 1 aliphatic heterocycles. The Balaban J connectivity index is 1.52. The van der Waals surface area contributed by atoms with Crippen molar-refractivity contribution >= 4 is 11.0 Å². The number of fused-ring (bicyclic) bond motifs is 3. The number of benzene rings is 3. The summed E-state index contributed by atoms with van der Waals surface area (Å²) in [5, 5.41) is 0.835. The largest absolute Gasteiger partial charge is 0.497 e. The summed E-state index contributed by atoms with van der Waals surface area (Å²) in [5.41, 5.74) is 4.56. The Morgan fingerprint density at radius 2 is 1.76 bits per heavy atom. The molecule has 5 rings (SSSR count). The highest BCUT2D eigenvalue weighted by molar-refractivity contribution is 5.87. The van der Waals surface area contributed by atoms with Crippen LogP contribution in [0, 0.1) is 6.92 Å². The molecule has 0 fully saturated rings. The maximum absolute atomic E-state index is 13.0. The minimum absolute atomic E-state index is 0.421. The van der Waals surface area contributed by atoms with Crippen molar-refractivity contribution in [3.63, 3.8) is 0 Å². The molecule has 0 unspecified atom stereocenters. The molecule has 4 aromatic rings. The summed E-state index contributed by atoms with van der Waals surface area (Å²) in [6, 6.07) is 19.5. The molecule has 6 heteroatoms. The van der Waals surface area contributed by atoms with Crippen molar-refractivity contribution in [2.75, 3.05) is 21.0 Å².